The van der Waals surface area contributed by atoms with E-state index in [1.807, 2.05) is 0 Å². The Morgan fingerprint density at radius 1 is 0.870 bits per heavy atom. The quantitative estimate of drug-likeness (QED) is 0.318. The number of carboxylic acids is 1. The molecule has 0 spiro atoms. The maximum absolute atomic E-state index is 11.6. The van der Waals surface area contributed by atoms with Crippen LogP contribution < -0.4 is 40.0 Å². The summed E-state index contributed by atoms with van der Waals surface area (Å²) in [4.78, 5) is 22.0. The third kappa shape index (κ3) is 18.3. The Bertz CT molecular complexity index is 298. The molecule has 0 saturated heterocycles. The number of hydrogen-bond acceptors (Lipinski definition) is 4. The normalized spacial score (nSPS) is 11.7. The first kappa shape index (κ1) is 25.3. The second kappa shape index (κ2) is 18.4. The third-order valence-electron chi connectivity index (χ3n) is 4.02. The topological polar surface area (TPSA) is 69.2 Å². The molecule has 0 aliphatic heterocycles. The molecular formula is C18H34NNaO3. The smallest absolute Gasteiger partial charge is 0.548 e. The van der Waals surface area contributed by atoms with Gasteiger partial charge < -0.3 is 15.2 Å². The summed E-state index contributed by atoms with van der Waals surface area (Å²) >= 11 is 0. The molecule has 0 heterocycles. The minimum absolute atomic E-state index is 0. The molecule has 0 aromatic rings. The Labute approximate surface area is 164 Å². The van der Waals surface area contributed by atoms with Gasteiger partial charge in [-0.2, -0.15) is 0 Å². The van der Waals surface area contributed by atoms with Crippen molar-refractivity contribution in [1.82, 2.24) is 5.32 Å². The van der Waals surface area contributed by atoms with Gasteiger partial charge in [-0.05, 0) is 13.3 Å². The molecule has 1 N–H and O–H groups in total. The second-order valence-electron chi connectivity index (χ2n) is 6.25. The molecule has 0 aliphatic carbocycles. The molecule has 0 bridgehead atoms. The number of aliphatic carboxylic acids is 1. The Balaban J connectivity index is 0. The Hall–Kier alpha value is 0.100. The number of carboxylic acid groups (broad SMARTS) is 1. The standard InChI is InChI=1S/C18H35NO3.Na/c1-3-4-5-6-7-8-9-10-11-12-13-14-17(20)15-19-16(2)18(21)22;/h16,19H,3-15H2,1-2H3,(H,21,22);/q;+1/p-1/t16-;/m0./s1. The Morgan fingerprint density at radius 3 is 1.74 bits per heavy atom. The molecule has 4 nitrogen and oxygen atoms in total. The molecule has 0 radical (unpaired) electrons. The molecule has 0 rings (SSSR count). The first-order valence-electron chi connectivity index (χ1n) is 9.03. The van der Waals surface area contributed by atoms with Gasteiger partial charge in [0.15, 0.2) is 0 Å². The molecule has 23 heavy (non-hydrogen) atoms. The maximum atomic E-state index is 11.6. The summed E-state index contributed by atoms with van der Waals surface area (Å²) in [7, 11) is 0. The van der Waals surface area contributed by atoms with Crippen molar-refractivity contribution in [1.29, 1.82) is 0 Å². The molecule has 130 valence electrons. The van der Waals surface area contributed by atoms with Crippen molar-refractivity contribution in [3.05, 3.63) is 0 Å². The van der Waals surface area contributed by atoms with Gasteiger partial charge in [0.05, 0.1) is 12.5 Å². The van der Waals surface area contributed by atoms with Crippen LogP contribution in [0.4, 0.5) is 0 Å². The van der Waals surface area contributed by atoms with Gasteiger partial charge in [0.2, 0.25) is 0 Å². The summed E-state index contributed by atoms with van der Waals surface area (Å²) in [5, 5.41) is 13.1. The molecule has 5 heteroatoms. The van der Waals surface area contributed by atoms with Gasteiger partial charge in [-0.1, -0.05) is 71.1 Å². The minimum atomic E-state index is -1.16. The van der Waals surface area contributed by atoms with Gasteiger partial charge >= 0.3 is 29.6 Å². The first-order chi connectivity index (χ1) is 10.6. The van der Waals surface area contributed by atoms with Gasteiger partial charge in [-0.25, -0.2) is 0 Å². The largest absolute Gasteiger partial charge is 1.00 e. The average molecular weight is 335 g/mol. The Kier molecular flexibility index (Phi) is 20.3. The molecule has 0 unspecified atom stereocenters. The Morgan fingerprint density at radius 2 is 1.30 bits per heavy atom. The molecule has 0 aromatic carbocycles. The van der Waals surface area contributed by atoms with Crippen LogP contribution in [0.3, 0.4) is 0 Å². The van der Waals surface area contributed by atoms with Crippen LogP contribution in [0.15, 0.2) is 0 Å². The monoisotopic (exact) mass is 335 g/mol. The van der Waals surface area contributed by atoms with Crippen molar-refractivity contribution in [3.8, 4) is 0 Å². The van der Waals surface area contributed by atoms with Crippen molar-refractivity contribution in [2.75, 3.05) is 6.54 Å². The van der Waals surface area contributed by atoms with Gasteiger partial charge in [0.1, 0.15) is 5.78 Å². The van der Waals surface area contributed by atoms with Gasteiger partial charge in [0.25, 0.3) is 0 Å². The SMILES string of the molecule is CCCCCCCCCCCCCC(=O)CN[C@@H](C)C(=O)[O-].[Na+]. The van der Waals surface area contributed by atoms with E-state index in [-0.39, 0.29) is 41.9 Å². The summed E-state index contributed by atoms with van der Waals surface area (Å²) in [5.74, 6) is -1.08. The first-order valence-corrected chi connectivity index (χ1v) is 9.03. The fourth-order valence-electron chi connectivity index (χ4n) is 2.43. The number of nitrogens with one attached hydrogen (secondary N) is 1. The van der Waals surface area contributed by atoms with Gasteiger partial charge in [0, 0.05) is 12.5 Å². The molecule has 0 aromatic heterocycles. The van der Waals surface area contributed by atoms with Crippen molar-refractivity contribution in [2.24, 2.45) is 0 Å². The van der Waals surface area contributed by atoms with Crippen molar-refractivity contribution in [2.45, 2.75) is 96.9 Å². The fourth-order valence-corrected chi connectivity index (χ4v) is 2.43. The summed E-state index contributed by atoms with van der Waals surface area (Å²) in [6.07, 6.45) is 14.5. The second-order valence-corrected chi connectivity index (χ2v) is 6.25. The van der Waals surface area contributed by atoms with E-state index in [4.69, 9.17) is 0 Å². The molecule has 0 saturated carbocycles. The number of unbranched alkanes of at least 4 members (excludes halogenated alkanes) is 10. The van der Waals surface area contributed by atoms with Crippen LogP contribution in [-0.4, -0.2) is 24.3 Å². The maximum Gasteiger partial charge on any atom is 1.00 e. The summed E-state index contributed by atoms with van der Waals surface area (Å²) in [5.41, 5.74) is 0. The van der Waals surface area contributed by atoms with E-state index in [2.05, 4.69) is 12.2 Å². The van der Waals surface area contributed by atoms with Crippen LogP contribution >= 0.6 is 0 Å². The molecular weight excluding hydrogens is 301 g/mol. The van der Waals surface area contributed by atoms with E-state index < -0.39 is 12.0 Å². The van der Waals surface area contributed by atoms with Gasteiger partial charge in [-0.15, -0.1) is 0 Å². The van der Waals surface area contributed by atoms with Crippen LogP contribution in [0.2, 0.25) is 0 Å². The molecule has 1 atom stereocenters. The van der Waals surface area contributed by atoms with Crippen molar-refractivity contribution >= 4 is 11.8 Å². The van der Waals surface area contributed by atoms with Crippen LogP contribution in [-0.2, 0) is 9.59 Å². The zero-order valence-electron chi connectivity index (χ0n) is 15.5. The van der Waals surface area contributed by atoms with E-state index in [1.165, 1.54) is 64.7 Å². The number of Topliss-reactive ketones (excluding diaryl/α,β-unsaturated/α-hetero) is 1. The number of ketones is 1. The van der Waals surface area contributed by atoms with Crippen LogP contribution in [0.5, 0.6) is 0 Å². The zero-order valence-corrected chi connectivity index (χ0v) is 17.5. The van der Waals surface area contributed by atoms with E-state index in [0.717, 1.165) is 12.8 Å². The minimum Gasteiger partial charge on any atom is -0.548 e. The summed E-state index contributed by atoms with van der Waals surface area (Å²) < 4.78 is 0. The van der Waals surface area contributed by atoms with Crippen LogP contribution in [0.25, 0.3) is 0 Å². The van der Waals surface area contributed by atoms with E-state index >= 15 is 0 Å². The molecule has 0 fully saturated rings. The van der Waals surface area contributed by atoms with Crippen LogP contribution in [0.1, 0.15) is 90.9 Å². The average Bonchev–Trinajstić information content (AvgIpc) is 2.50. The summed E-state index contributed by atoms with van der Waals surface area (Å²) in [6, 6.07) is -0.763. The third-order valence-corrected chi connectivity index (χ3v) is 4.02. The number of carbonyl (C=O) groups is 2. The predicted octanol–water partition coefficient (Wildman–Crippen LogP) is -0.0114. The van der Waals surface area contributed by atoms with Gasteiger partial charge in [-0.3, -0.25) is 4.79 Å². The zero-order chi connectivity index (χ0) is 16.6. The van der Waals surface area contributed by atoms with Crippen molar-refractivity contribution in [3.63, 3.8) is 0 Å². The number of rotatable bonds is 16. The van der Waals surface area contributed by atoms with E-state index in [9.17, 15) is 14.7 Å². The summed E-state index contributed by atoms with van der Waals surface area (Å²) in [6.45, 7) is 3.86. The number of hydrogen-bond donors (Lipinski definition) is 1. The van der Waals surface area contributed by atoms with Crippen molar-refractivity contribution < 1.29 is 44.3 Å². The molecule has 0 aliphatic rings. The predicted molar refractivity (Wildman–Crippen MR) is 88.6 cm³/mol. The fraction of sp³-hybridized carbons (Fsp3) is 0.889. The molecule has 0 amide bonds. The number of carbonyl (C=O) groups excluding carboxylic acids is 2. The van der Waals surface area contributed by atoms with E-state index in [1.54, 1.807) is 0 Å². The van der Waals surface area contributed by atoms with Crippen LogP contribution in [0, 0.1) is 0 Å². The van der Waals surface area contributed by atoms with E-state index in [0.29, 0.717) is 6.42 Å².